The van der Waals surface area contributed by atoms with Crippen molar-refractivity contribution in [2.24, 2.45) is 29.1 Å². The molecular weight excluding hydrogens is 703 g/mol. The van der Waals surface area contributed by atoms with Gasteiger partial charge in [-0.15, -0.1) is 0 Å². The van der Waals surface area contributed by atoms with Gasteiger partial charge in [0.05, 0.1) is 5.69 Å². The monoisotopic (exact) mass is 763 g/mol. The molecule has 58 heavy (non-hydrogen) atoms. The number of hydrogen-bond donors (Lipinski definition) is 0. The Morgan fingerprint density at radius 3 is 1.69 bits per heavy atom. The lowest BCUT2D eigenvalue weighted by Gasteiger charge is -2.77. The summed E-state index contributed by atoms with van der Waals surface area (Å²) in [6, 6.07) is 40.4. The molecule has 6 unspecified atom stereocenters. The summed E-state index contributed by atoms with van der Waals surface area (Å²) in [7, 11) is 0. The third-order valence-corrected chi connectivity index (χ3v) is 18.1. The summed E-state index contributed by atoms with van der Waals surface area (Å²) in [5.74, 6) is 5.41. The molecule has 0 N–H and O–H groups in total. The van der Waals surface area contributed by atoms with Crippen LogP contribution in [0.25, 0.3) is 11.1 Å². The van der Waals surface area contributed by atoms with E-state index >= 15 is 0 Å². The summed E-state index contributed by atoms with van der Waals surface area (Å²) >= 11 is 0. The van der Waals surface area contributed by atoms with Gasteiger partial charge in [-0.25, -0.2) is 0 Å². The van der Waals surface area contributed by atoms with Crippen molar-refractivity contribution < 1.29 is 4.74 Å². The van der Waals surface area contributed by atoms with Crippen LogP contribution < -0.4 is 9.64 Å². The van der Waals surface area contributed by atoms with E-state index in [1.165, 1.54) is 113 Å². The van der Waals surface area contributed by atoms with Crippen molar-refractivity contribution >= 4 is 17.1 Å². The van der Waals surface area contributed by atoms with Crippen LogP contribution >= 0.6 is 0 Å². The van der Waals surface area contributed by atoms with Crippen molar-refractivity contribution in [3.63, 3.8) is 0 Å². The molecule has 296 valence electrons. The number of nitrogens with zero attached hydrogens (tertiary/aromatic N) is 1. The van der Waals surface area contributed by atoms with Crippen molar-refractivity contribution in [3.8, 4) is 22.6 Å². The summed E-state index contributed by atoms with van der Waals surface area (Å²) in [6.45, 7) is 19.6. The van der Waals surface area contributed by atoms with Crippen molar-refractivity contribution in [2.45, 2.75) is 134 Å². The Morgan fingerprint density at radius 1 is 0.517 bits per heavy atom. The number of anilines is 3. The lowest BCUT2D eigenvalue weighted by atomic mass is 9.26. The minimum atomic E-state index is 0.0194. The number of ether oxygens (including phenoxy) is 1. The Labute approximate surface area is 347 Å². The Kier molecular flexibility index (Phi) is 6.93. The quantitative estimate of drug-likeness (QED) is 0.181. The maximum absolute atomic E-state index is 7.42. The lowest BCUT2D eigenvalue weighted by molar-refractivity contribution is -0.235. The zero-order chi connectivity index (χ0) is 39.8. The van der Waals surface area contributed by atoms with Gasteiger partial charge in [0, 0.05) is 33.5 Å². The second-order valence-electron chi connectivity index (χ2n) is 22.7. The zero-order valence-electron chi connectivity index (χ0n) is 36.1. The summed E-state index contributed by atoms with van der Waals surface area (Å²) < 4.78 is 7.42. The average molecular weight is 764 g/mol. The van der Waals surface area contributed by atoms with Crippen LogP contribution in [0.15, 0.2) is 103 Å². The van der Waals surface area contributed by atoms with Crippen LogP contribution in [0.5, 0.6) is 11.5 Å². The van der Waals surface area contributed by atoms with Crippen molar-refractivity contribution in [1.29, 1.82) is 0 Å². The minimum Gasteiger partial charge on any atom is -0.456 e. The maximum atomic E-state index is 7.42. The first-order valence-corrected chi connectivity index (χ1v) is 22.8. The first-order chi connectivity index (χ1) is 27.7. The zero-order valence-corrected chi connectivity index (χ0v) is 36.1. The molecule has 1 heterocycles. The fourth-order valence-electron chi connectivity index (χ4n) is 15.1. The van der Waals surface area contributed by atoms with Gasteiger partial charge in [0.2, 0.25) is 0 Å². The first kappa shape index (κ1) is 35.6. The second kappa shape index (κ2) is 11.3. The molecule has 6 aliphatic carbocycles. The molecule has 0 amide bonds. The van der Waals surface area contributed by atoms with Crippen LogP contribution in [0.2, 0.25) is 0 Å². The molecule has 4 saturated carbocycles. The highest BCUT2D eigenvalue weighted by atomic mass is 16.5. The smallest absolute Gasteiger partial charge is 0.141 e. The fourth-order valence-corrected chi connectivity index (χ4v) is 15.1. The third kappa shape index (κ3) is 4.35. The lowest BCUT2D eigenvalue weighted by Crippen LogP contribution is -2.74. The number of fused-ring (bicyclic) bond motifs is 9. The molecule has 0 radical (unpaired) electrons. The van der Waals surface area contributed by atoms with E-state index in [0.717, 1.165) is 23.3 Å². The molecular formula is C56H61NO. The molecule has 0 aromatic heterocycles. The standard InChI is InChI=1S/C56H61NO/c1-51(2)24-26-53(5,6)43-31-37(18-20-39(43)51)57(38-19-21-40-44(32-38)54(7,8)27-25-52(40,3)4)45-23-22-42-50(49(45)35-14-10-9-11-15-35)58-46-17-13-12-16-41(46)56(42)47-29-34-28-36-30-48(56)55(36,47)33-34/h9-23,31-32,34,36,47-48H,24-30,33H2,1-8H3. The summed E-state index contributed by atoms with van der Waals surface area (Å²) in [5, 5.41) is 0. The predicted octanol–water partition coefficient (Wildman–Crippen LogP) is 15.0. The SMILES string of the molecule is CC1(C)CCC(C)(C)c2cc(N(c3ccc4c(c3)C(C)(C)CCC4(C)C)c3ccc4c(c3-c3ccccc3)Oc3ccccc3C43C4CC5CC6CC3C64C5)ccc21. The Balaban J connectivity index is 1.14. The minimum absolute atomic E-state index is 0.0194. The van der Waals surface area contributed by atoms with Gasteiger partial charge in [0.25, 0.3) is 0 Å². The number of para-hydroxylation sites is 1. The van der Waals surface area contributed by atoms with Gasteiger partial charge in [0.1, 0.15) is 11.5 Å². The molecule has 4 fully saturated rings. The number of hydrogen-bond acceptors (Lipinski definition) is 2. The van der Waals surface area contributed by atoms with Crippen LogP contribution in [-0.2, 0) is 27.1 Å². The molecule has 2 nitrogen and oxygen atoms in total. The molecule has 0 saturated heterocycles. The Bertz CT molecular complexity index is 2480. The highest BCUT2D eigenvalue weighted by Gasteiger charge is 2.84. The second-order valence-corrected chi connectivity index (χ2v) is 22.7. The third-order valence-electron chi connectivity index (χ3n) is 18.1. The number of benzene rings is 5. The molecule has 7 aliphatic rings. The van der Waals surface area contributed by atoms with Gasteiger partial charge >= 0.3 is 0 Å². The largest absolute Gasteiger partial charge is 0.456 e. The van der Waals surface area contributed by atoms with Crippen LogP contribution in [0.4, 0.5) is 17.1 Å². The fraction of sp³-hybridized carbons (Fsp3) is 0.464. The van der Waals surface area contributed by atoms with Crippen LogP contribution in [-0.4, -0.2) is 0 Å². The van der Waals surface area contributed by atoms with E-state index in [1.54, 1.807) is 0 Å². The molecule has 2 bridgehead atoms. The molecule has 6 atom stereocenters. The van der Waals surface area contributed by atoms with Gasteiger partial charge in [0.15, 0.2) is 0 Å². The Hall–Kier alpha value is -4.30. The average Bonchev–Trinajstić information content (AvgIpc) is 3.74. The normalized spacial score (nSPS) is 31.4. The van der Waals surface area contributed by atoms with Crippen molar-refractivity contribution in [1.82, 2.24) is 0 Å². The van der Waals surface area contributed by atoms with E-state index < -0.39 is 0 Å². The van der Waals surface area contributed by atoms with E-state index in [-0.39, 0.29) is 27.1 Å². The van der Waals surface area contributed by atoms with Gasteiger partial charge in [-0.3, -0.25) is 0 Å². The number of rotatable bonds is 4. The highest BCUT2D eigenvalue weighted by molar-refractivity contribution is 5.94. The summed E-state index contributed by atoms with van der Waals surface area (Å²) in [5.41, 5.74) is 16.0. The van der Waals surface area contributed by atoms with E-state index in [9.17, 15) is 0 Å². The van der Waals surface area contributed by atoms with Crippen molar-refractivity contribution in [2.75, 3.05) is 4.90 Å². The van der Waals surface area contributed by atoms with E-state index in [4.69, 9.17) is 4.74 Å². The van der Waals surface area contributed by atoms with Crippen LogP contribution in [0.1, 0.15) is 140 Å². The van der Waals surface area contributed by atoms with Gasteiger partial charge < -0.3 is 9.64 Å². The van der Waals surface area contributed by atoms with Crippen LogP contribution in [0, 0.1) is 29.1 Å². The molecule has 2 heteroatoms. The van der Waals surface area contributed by atoms with E-state index in [1.807, 2.05) is 0 Å². The highest BCUT2D eigenvalue weighted by Crippen LogP contribution is 2.89. The Morgan fingerprint density at radius 2 is 1.07 bits per heavy atom. The molecule has 2 spiro atoms. The van der Waals surface area contributed by atoms with Gasteiger partial charge in [-0.2, -0.15) is 0 Å². The molecule has 12 rings (SSSR count). The van der Waals surface area contributed by atoms with Gasteiger partial charge in [-0.1, -0.05) is 122 Å². The predicted molar refractivity (Wildman–Crippen MR) is 239 cm³/mol. The summed E-state index contributed by atoms with van der Waals surface area (Å²) in [6.07, 6.45) is 10.5. The van der Waals surface area contributed by atoms with E-state index in [0.29, 0.717) is 17.3 Å². The van der Waals surface area contributed by atoms with E-state index in [2.05, 4.69) is 163 Å². The molecule has 5 aromatic carbocycles. The molecule has 1 aliphatic heterocycles. The maximum Gasteiger partial charge on any atom is 0.141 e. The van der Waals surface area contributed by atoms with Crippen LogP contribution in [0.3, 0.4) is 0 Å². The first-order valence-electron chi connectivity index (χ1n) is 22.8. The topological polar surface area (TPSA) is 12.5 Å². The van der Waals surface area contributed by atoms with Gasteiger partial charge in [-0.05, 0) is 166 Å². The van der Waals surface area contributed by atoms with Crippen molar-refractivity contribution in [3.05, 3.63) is 137 Å². The summed E-state index contributed by atoms with van der Waals surface area (Å²) in [4.78, 5) is 2.62. The molecule has 5 aromatic rings.